The summed E-state index contributed by atoms with van der Waals surface area (Å²) >= 11 is 0. The fourth-order valence-corrected chi connectivity index (χ4v) is 4.90. The van der Waals surface area contributed by atoms with Crippen LogP contribution in [0.2, 0.25) is 0 Å². The molecule has 2 aromatic carbocycles. The molecule has 0 saturated heterocycles. The number of carboxylic acid groups (broad SMARTS) is 1. The maximum absolute atomic E-state index is 12.7. The van der Waals surface area contributed by atoms with Crippen LogP contribution in [0.15, 0.2) is 48.5 Å². The average molecular weight is 450 g/mol. The van der Waals surface area contributed by atoms with E-state index in [-0.39, 0.29) is 30.3 Å². The molecule has 174 valence electrons. The van der Waals surface area contributed by atoms with Crippen molar-refractivity contribution in [2.45, 2.75) is 64.0 Å². The number of ketones is 1. The number of aliphatic carboxylic acids is 1. The third-order valence-electron chi connectivity index (χ3n) is 6.71. The van der Waals surface area contributed by atoms with Crippen LogP contribution in [0.25, 0.3) is 0 Å². The number of benzene rings is 2. The summed E-state index contributed by atoms with van der Waals surface area (Å²) in [5.74, 6) is -0.375. The van der Waals surface area contributed by atoms with Crippen molar-refractivity contribution in [2.24, 2.45) is 5.92 Å². The van der Waals surface area contributed by atoms with Crippen LogP contribution in [0.3, 0.4) is 0 Å². The highest BCUT2D eigenvalue weighted by atomic mass is 16.6. The second kappa shape index (κ2) is 10.6. The lowest BCUT2D eigenvalue weighted by molar-refractivity contribution is -0.138. The third-order valence-corrected chi connectivity index (χ3v) is 6.71. The number of ether oxygens (including phenoxy) is 1. The molecule has 0 spiro atoms. The summed E-state index contributed by atoms with van der Waals surface area (Å²) in [7, 11) is 0. The quantitative estimate of drug-likeness (QED) is 0.669. The van der Waals surface area contributed by atoms with Gasteiger partial charge in [-0.2, -0.15) is 0 Å². The van der Waals surface area contributed by atoms with Crippen LogP contribution in [0.5, 0.6) is 0 Å². The van der Waals surface area contributed by atoms with Crippen molar-refractivity contribution in [2.75, 3.05) is 6.54 Å². The van der Waals surface area contributed by atoms with Crippen LogP contribution in [0.4, 0.5) is 4.79 Å². The number of carbonyl (C=O) groups is 3. The van der Waals surface area contributed by atoms with Crippen molar-refractivity contribution < 1.29 is 24.2 Å². The van der Waals surface area contributed by atoms with Crippen molar-refractivity contribution in [3.8, 4) is 0 Å². The number of rotatable bonds is 7. The Bertz CT molecular complexity index is 995. The number of carboxylic acids is 1. The molecule has 1 saturated carbocycles. The van der Waals surface area contributed by atoms with Crippen molar-refractivity contribution >= 4 is 17.8 Å². The molecule has 33 heavy (non-hydrogen) atoms. The minimum atomic E-state index is -0.758. The van der Waals surface area contributed by atoms with E-state index in [2.05, 4.69) is 6.07 Å². The zero-order chi connectivity index (χ0) is 23.2. The molecule has 1 N–H and O–H groups in total. The summed E-state index contributed by atoms with van der Waals surface area (Å²) in [6.07, 6.45) is 4.43. The van der Waals surface area contributed by atoms with Crippen LogP contribution < -0.4 is 0 Å². The molecule has 6 heteroatoms. The van der Waals surface area contributed by atoms with E-state index < -0.39 is 5.97 Å². The molecule has 1 heterocycles. The maximum atomic E-state index is 12.7. The highest BCUT2D eigenvalue weighted by Gasteiger charge is 2.28. The van der Waals surface area contributed by atoms with Gasteiger partial charge in [0, 0.05) is 32.4 Å². The Balaban J connectivity index is 1.27. The van der Waals surface area contributed by atoms with E-state index >= 15 is 0 Å². The average Bonchev–Trinajstić information content (AvgIpc) is 2.80. The second-order valence-corrected chi connectivity index (χ2v) is 9.28. The summed E-state index contributed by atoms with van der Waals surface area (Å²) in [5.41, 5.74) is 4.34. The smallest absolute Gasteiger partial charge is 0.410 e. The lowest BCUT2D eigenvalue weighted by atomic mass is 9.85. The topological polar surface area (TPSA) is 83.9 Å². The van der Waals surface area contributed by atoms with E-state index in [0.29, 0.717) is 25.9 Å². The molecule has 1 amide bonds. The first-order chi connectivity index (χ1) is 16.0. The second-order valence-electron chi connectivity index (χ2n) is 9.28. The van der Waals surface area contributed by atoms with Gasteiger partial charge in [0.25, 0.3) is 0 Å². The predicted molar refractivity (Wildman–Crippen MR) is 124 cm³/mol. The molecule has 0 radical (unpaired) electrons. The molecule has 0 aromatic heterocycles. The largest absolute Gasteiger partial charge is 0.481 e. The first kappa shape index (κ1) is 23.0. The Morgan fingerprint density at radius 3 is 2.36 bits per heavy atom. The molecular formula is C27H31NO5. The normalized spacial score (nSPS) is 20.1. The molecule has 2 aliphatic rings. The monoisotopic (exact) mass is 449 g/mol. The fourth-order valence-electron chi connectivity index (χ4n) is 4.90. The Hall–Kier alpha value is -3.15. The molecule has 1 aliphatic heterocycles. The molecule has 0 atom stereocenters. The van der Waals surface area contributed by atoms with Gasteiger partial charge >= 0.3 is 12.1 Å². The Labute approximate surface area is 194 Å². The van der Waals surface area contributed by atoms with E-state index in [1.807, 2.05) is 42.5 Å². The van der Waals surface area contributed by atoms with Crippen LogP contribution in [-0.4, -0.2) is 40.5 Å². The highest BCUT2D eigenvalue weighted by molar-refractivity contribution is 5.83. The van der Waals surface area contributed by atoms with Gasteiger partial charge in [0.1, 0.15) is 11.9 Å². The van der Waals surface area contributed by atoms with Crippen LogP contribution in [0, 0.1) is 5.92 Å². The van der Waals surface area contributed by atoms with Gasteiger partial charge in [0.2, 0.25) is 0 Å². The standard InChI is InChI=1S/C27H31NO5/c29-24(15-19-4-2-1-3-5-19)16-21-6-9-23-18-28(13-12-22(23)14-21)27(32)33-25-10-7-20(8-11-25)17-26(30)31/h1-6,9,14,20,25H,7-8,10-13,15-18H2,(H,30,31). The summed E-state index contributed by atoms with van der Waals surface area (Å²) in [5, 5.41) is 8.94. The van der Waals surface area contributed by atoms with Crippen LogP contribution >= 0.6 is 0 Å². The van der Waals surface area contributed by atoms with Gasteiger partial charge in [0.15, 0.2) is 0 Å². The van der Waals surface area contributed by atoms with Crippen molar-refractivity contribution in [1.29, 1.82) is 0 Å². The number of fused-ring (bicyclic) bond motifs is 1. The first-order valence-corrected chi connectivity index (χ1v) is 11.8. The molecule has 1 fully saturated rings. The zero-order valence-corrected chi connectivity index (χ0v) is 18.9. The minimum absolute atomic E-state index is 0.123. The molecule has 2 aromatic rings. The van der Waals surface area contributed by atoms with Gasteiger partial charge in [-0.1, -0.05) is 48.5 Å². The van der Waals surface area contributed by atoms with E-state index in [9.17, 15) is 14.4 Å². The van der Waals surface area contributed by atoms with Gasteiger partial charge in [0.05, 0.1) is 0 Å². The number of Topliss-reactive ketones (excluding diaryl/α,β-unsaturated/α-hetero) is 1. The fraction of sp³-hybridized carbons (Fsp3) is 0.444. The number of amides is 1. The predicted octanol–water partition coefficient (Wildman–Crippen LogP) is 4.57. The van der Waals surface area contributed by atoms with E-state index in [4.69, 9.17) is 9.84 Å². The zero-order valence-electron chi connectivity index (χ0n) is 18.9. The Morgan fingerprint density at radius 1 is 0.909 bits per heavy atom. The summed E-state index contributed by atoms with van der Waals surface area (Å²) in [4.78, 5) is 37.8. The summed E-state index contributed by atoms with van der Waals surface area (Å²) in [6, 6.07) is 15.9. The SMILES string of the molecule is O=C(O)CC1CCC(OC(=O)N2CCc3cc(CC(=O)Cc4ccccc4)ccc3C2)CC1. The number of nitrogens with zero attached hydrogens (tertiary/aromatic N) is 1. The Morgan fingerprint density at radius 2 is 1.64 bits per heavy atom. The first-order valence-electron chi connectivity index (χ1n) is 11.8. The van der Waals surface area contributed by atoms with Crippen molar-refractivity contribution in [1.82, 2.24) is 4.90 Å². The molecule has 6 nitrogen and oxygen atoms in total. The van der Waals surface area contributed by atoms with Gasteiger partial charge in [-0.05, 0) is 60.3 Å². The van der Waals surface area contributed by atoms with Crippen LogP contribution in [0.1, 0.15) is 54.4 Å². The highest BCUT2D eigenvalue weighted by Crippen LogP contribution is 2.29. The van der Waals surface area contributed by atoms with E-state index in [0.717, 1.165) is 48.8 Å². The van der Waals surface area contributed by atoms with Gasteiger partial charge < -0.3 is 14.7 Å². The molecular weight excluding hydrogens is 418 g/mol. The number of hydrogen-bond acceptors (Lipinski definition) is 4. The van der Waals surface area contributed by atoms with Crippen molar-refractivity contribution in [3.05, 3.63) is 70.8 Å². The molecule has 0 unspecified atom stereocenters. The maximum Gasteiger partial charge on any atom is 0.410 e. The van der Waals surface area contributed by atoms with Crippen molar-refractivity contribution in [3.63, 3.8) is 0 Å². The van der Waals surface area contributed by atoms with E-state index in [1.54, 1.807) is 4.90 Å². The minimum Gasteiger partial charge on any atom is -0.481 e. The van der Waals surface area contributed by atoms with Gasteiger partial charge in [-0.15, -0.1) is 0 Å². The third kappa shape index (κ3) is 6.44. The lowest BCUT2D eigenvalue weighted by Crippen LogP contribution is -2.39. The molecule has 1 aliphatic carbocycles. The van der Waals surface area contributed by atoms with Crippen LogP contribution in [-0.2, 0) is 40.1 Å². The number of hydrogen-bond donors (Lipinski definition) is 1. The summed E-state index contributed by atoms with van der Waals surface area (Å²) in [6.45, 7) is 1.11. The molecule has 0 bridgehead atoms. The van der Waals surface area contributed by atoms with Gasteiger partial charge in [-0.3, -0.25) is 9.59 Å². The van der Waals surface area contributed by atoms with E-state index in [1.165, 1.54) is 5.56 Å². The molecule has 4 rings (SSSR count). The number of carbonyl (C=O) groups excluding carboxylic acids is 2. The lowest BCUT2D eigenvalue weighted by Gasteiger charge is -2.32. The van der Waals surface area contributed by atoms with Gasteiger partial charge in [-0.25, -0.2) is 4.79 Å². The Kier molecular flexibility index (Phi) is 7.43. The summed E-state index contributed by atoms with van der Waals surface area (Å²) < 4.78 is 5.73.